The molecule has 1 N–H and O–H groups in total. The maximum atomic E-state index is 12.9. The third-order valence-corrected chi connectivity index (χ3v) is 4.87. The number of nitrogens with zero attached hydrogens (tertiary/aromatic N) is 2. The zero-order valence-corrected chi connectivity index (χ0v) is 18.3. The third kappa shape index (κ3) is 6.48. The quantitative estimate of drug-likeness (QED) is 0.838. The van der Waals surface area contributed by atoms with Gasteiger partial charge in [0.25, 0.3) is 0 Å². The fraction of sp³-hybridized carbons (Fsp3) is 0.591. The molecule has 1 unspecified atom stereocenters. The summed E-state index contributed by atoms with van der Waals surface area (Å²) < 4.78 is 5.46. The van der Waals surface area contributed by atoms with Crippen LogP contribution in [0.25, 0.3) is 0 Å². The normalized spacial score (nSPS) is 17.3. The second kappa shape index (κ2) is 9.29. The zero-order valence-electron chi connectivity index (χ0n) is 18.3. The molecule has 0 aromatic heterocycles. The van der Waals surface area contributed by atoms with Crippen molar-refractivity contribution in [1.82, 2.24) is 15.1 Å². The molecule has 1 aromatic carbocycles. The zero-order chi connectivity index (χ0) is 21.8. The van der Waals surface area contributed by atoms with Crippen molar-refractivity contribution in [3.8, 4) is 0 Å². The van der Waals surface area contributed by atoms with Crippen LogP contribution in [0.2, 0.25) is 0 Å². The van der Waals surface area contributed by atoms with Gasteiger partial charge in [-0.2, -0.15) is 0 Å². The van der Waals surface area contributed by atoms with Crippen LogP contribution in [-0.2, 0) is 20.9 Å². The lowest BCUT2D eigenvalue weighted by Gasteiger charge is -2.40. The predicted molar refractivity (Wildman–Crippen MR) is 111 cm³/mol. The lowest BCUT2D eigenvalue weighted by atomic mass is 10.0. The lowest BCUT2D eigenvalue weighted by molar-refractivity contribution is -0.136. The highest BCUT2D eigenvalue weighted by Crippen LogP contribution is 2.17. The van der Waals surface area contributed by atoms with Crippen LogP contribution in [-0.4, -0.2) is 59.0 Å². The number of carbonyl (C=O) groups excluding carboxylic acids is 3. The number of benzene rings is 1. The van der Waals surface area contributed by atoms with Crippen molar-refractivity contribution < 1.29 is 19.1 Å². The molecule has 1 saturated heterocycles. The standard InChI is InChI=1S/C22H33N3O4/c1-15(2)18-9-7-17(8-10-18)13-23-20(27)19-14-24(16(3)26)11-12-25(19)21(28)29-22(4,5)6/h7-10,15,19H,11-14H2,1-6H3,(H,23,27). The summed E-state index contributed by atoms with van der Waals surface area (Å²) >= 11 is 0. The lowest BCUT2D eigenvalue weighted by Crippen LogP contribution is -2.61. The Labute approximate surface area is 173 Å². The molecule has 1 aliphatic rings. The molecular formula is C22H33N3O4. The van der Waals surface area contributed by atoms with E-state index in [0.717, 1.165) is 5.56 Å². The Morgan fingerprint density at radius 2 is 1.76 bits per heavy atom. The molecule has 0 aliphatic carbocycles. The molecule has 1 aliphatic heterocycles. The highest BCUT2D eigenvalue weighted by atomic mass is 16.6. The van der Waals surface area contributed by atoms with Crippen LogP contribution < -0.4 is 5.32 Å². The summed E-state index contributed by atoms with van der Waals surface area (Å²) in [6, 6.07) is 7.31. The largest absolute Gasteiger partial charge is 0.444 e. The first-order chi connectivity index (χ1) is 13.5. The minimum Gasteiger partial charge on any atom is -0.444 e. The molecule has 7 nitrogen and oxygen atoms in total. The van der Waals surface area contributed by atoms with Gasteiger partial charge in [-0.05, 0) is 37.8 Å². The summed E-state index contributed by atoms with van der Waals surface area (Å²) in [6.07, 6.45) is -0.540. The van der Waals surface area contributed by atoms with E-state index in [2.05, 4.69) is 31.3 Å². The summed E-state index contributed by atoms with van der Waals surface area (Å²) in [7, 11) is 0. The van der Waals surface area contributed by atoms with Crippen LogP contribution in [0.4, 0.5) is 4.79 Å². The van der Waals surface area contributed by atoms with Gasteiger partial charge in [0.05, 0.1) is 6.54 Å². The van der Waals surface area contributed by atoms with Gasteiger partial charge in [0.1, 0.15) is 11.6 Å². The Morgan fingerprint density at radius 3 is 2.28 bits per heavy atom. The summed E-state index contributed by atoms with van der Waals surface area (Å²) in [5.74, 6) is 0.0338. The van der Waals surface area contributed by atoms with Gasteiger partial charge in [-0.3, -0.25) is 14.5 Å². The van der Waals surface area contributed by atoms with Crippen molar-refractivity contribution in [2.24, 2.45) is 0 Å². The van der Waals surface area contributed by atoms with Crippen LogP contribution in [0, 0.1) is 0 Å². The molecule has 2 rings (SSSR count). The molecule has 160 valence electrons. The van der Waals surface area contributed by atoms with Crippen LogP contribution >= 0.6 is 0 Å². The first kappa shape index (κ1) is 22.7. The number of ether oxygens (including phenoxy) is 1. The molecule has 1 heterocycles. The summed E-state index contributed by atoms with van der Waals surface area (Å²) in [5, 5.41) is 2.90. The second-order valence-electron chi connectivity index (χ2n) is 8.77. The predicted octanol–water partition coefficient (Wildman–Crippen LogP) is 2.89. The van der Waals surface area contributed by atoms with Crippen molar-refractivity contribution >= 4 is 17.9 Å². The minimum atomic E-state index is -0.780. The fourth-order valence-electron chi connectivity index (χ4n) is 3.16. The van der Waals surface area contributed by atoms with E-state index in [-0.39, 0.29) is 24.9 Å². The van der Waals surface area contributed by atoms with Crippen LogP contribution in [0.5, 0.6) is 0 Å². The van der Waals surface area contributed by atoms with Crippen molar-refractivity contribution in [3.63, 3.8) is 0 Å². The van der Waals surface area contributed by atoms with Crippen molar-refractivity contribution in [3.05, 3.63) is 35.4 Å². The van der Waals surface area contributed by atoms with Crippen LogP contribution in [0.3, 0.4) is 0 Å². The van der Waals surface area contributed by atoms with Gasteiger partial charge in [0.2, 0.25) is 11.8 Å². The number of hydrogen-bond donors (Lipinski definition) is 1. The number of carbonyl (C=O) groups is 3. The Hall–Kier alpha value is -2.57. The van der Waals surface area contributed by atoms with Crippen molar-refractivity contribution in [2.75, 3.05) is 19.6 Å². The average Bonchev–Trinajstić information content (AvgIpc) is 2.64. The molecule has 1 aromatic rings. The smallest absolute Gasteiger partial charge is 0.411 e. The second-order valence-corrected chi connectivity index (χ2v) is 8.77. The molecule has 7 heteroatoms. The maximum Gasteiger partial charge on any atom is 0.411 e. The van der Waals surface area contributed by atoms with E-state index in [4.69, 9.17) is 4.74 Å². The van der Waals surface area contributed by atoms with Crippen LogP contribution in [0.1, 0.15) is 58.6 Å². The highest BCUT2D eigenvalue weighted by molar-refractivity contribution is 5.87. The Kier molecular flexibility index (Phi) is 7.27. The first-order valence-electron chi connectivity index (χ1n) is 10.1. The SMILES string of the molecule is CC(=O)N1CCN(C(=O)OC(C)(C)C)C(C(=O)NCc2ccc(C(C)C)cc2)C1. The molecule has 0 spiro atoms. The Bertz CT molecular complexity index is 737. The van der Waals surface area contributed by atoms with Gasteiger partial charge in [0, 0.05) is 26.6 Å². The number of rotatable bonds is 4. The topological polar surface area (TPSA) is 79.0 Å². The summed E-state index contributed by atoms with van der Waals surface area (Å²) in [6.45, 7) is 12.2. The molecule has 1 fully saturated rings. The van der Waals surface area contributed by atoms with E-state index >= 15 is 0 Å². The van der Waals surface area contributed by atoms with Gasteiger partial charge < -0.3 is 15.0 Å². The maximum absolute atomic E-state index is 12.9. The van der Waals surface area contributed by atoms with Gasteiger partial charge in [-0.15, -0.1) is 0 Å². The Morgan fingerprint density at radius 1 is 1.14 bits per heavy atom. The number of amides is 3. The third-order valence-electron chi connectivity index (χ3n) is 4.87. The highest BCUT2D eigenvalue weighted by Gasteiger charge is 2.38. The average molecular weight is 404 g/mol. The number of hydrogen-bond acceptors (Lipinski definition) is 4. The summed E-state index contributed by atoms with van der Waals surface area (Å²) in [4.78, 5) is 40.3. The number of piperazine rings is 1. The molecule has 1 atom stereocenters. The van der Waals surface area contributed by atoms with E-state index in [1.165, 1.54) is 17.4 Å². The molecule has 0 saturated carbocycles. The van der Waals surface area contributed by atoms with E-state index in [1.807, 2.05) is 12.1 Å². The van der Waals surface area contributed by atoms with Crippen molar-refractivity contribution in [1.29, 1.82) is 0 Å². The van der Waals surface area contributed by atoms with E-state index < -0.39 is 17.7 Å². The molecular weight excluding hydrogens is 370 g/mol. The molecule has 3 amide bonds. The van der Waals surface area contributed by atoms with Gasteiger partial charge in [-0.25, -0.2) is 4.79 Å². The minimum absolute atomic E-state index is 0.115. The fourth-order valence-corrected chi connectivity index (χ4v) is 3.16. The van der Waals surface area contributed by atoms with E-state index in [9.17, 15) is 14.4 Å². The number of nitrogens with one attached hydrogen (secondary N) is 1. The van der Waals surface area contributed by atoms with E-state index in [0.29, 0.717) is 19.0 Å². The monoisotopic (exact) mass is 403 g/mol. The molecule has 0 bridgehead atoms. The molecule has 29 heavy (non-hydrogen) atoms. The van der Waals surface area contributed by atoms with Gasteiger partial charge in [-0.1, -0.05) is 38.1 Å². The van der Waals surface area contributed by atoms with Gasteiger partial charge in [0.15, 0.2) is 0 Å². The van der Waals surface area contributed by atoms with E-state index in [1.54, 1.807) is 25.7 Å². The van der Waals surface area contributed by atoms with Crippen molar-refractivity contribution in [2.45, 2.75) is 65.6 Å². The Balaban J connectivity index is 2.08. The van der Waals surface area contributed by atoms with Gasteiger partial charge >= 0.3 is 6.09 Å². The summed E-state index contributed by atoms with van der Waals surface area (Å²) in [5.41, 5.74) is 1.56. The first-order valence-corrected chi connectivity index (χ1v) is 10.1. The van der Waals surface area contributed by atoms with Crippen LogP contribution in [0.15, 0.2) is 24.3 Å². The molecule has 0 radical (unpaired) electrons.